The highest BCUT2D eigenvalue weighted by Gasteiger charge is 2.31. The van der Waals surface area contributed by atoms with Crippen LogP contribution in [0.5, 0.6) is 0 Å². The maximum Gasteiger partial charge on any atom is 0.325 e. The van der Waals surface area contributed by atoms with Crippen LogP contribution in [-0.2, 0) is 4.79 Å². The average Bonchev–Trinajstić information content (AvgIpc) is 2.97. The summed E-state index contributed by atoms with van der Waals surface area (Å²) in [6, 6.07) is 6.91. The van der Waals surface area contributed by atoms with Crippen molar-refractivity contribution in [3.8, 4) is 6.07 Å². The van der Waals surface area contributed by atoms with E-state index in [1.54, 1.807) is 18.3 Å². The van der Waals surface area contributed by atoms with E-state index in [4.69, 9.17) is 16.9 Å². The standard InChI is InChI=1S/C17H19ClN4O2/c18-12-2-3-13-14(11-20-15(13)10-12)16(17(23)24)22-8-6-21(7-9-22)5-1-4-19/h2-3,10-11,16,20H,1,5-9H2,(H,23,24). The summed E-state index contributed by atoms with van der Waals surface area (Å²) >= 11 is 6.00. The Morgan fingerprint density at radius 2 is 2.12 bits per heavy atom. The fourth-order valence-electron chi connectivity index (χ4n) is 3.29. The van der Waals surface area contributed by atoms with Crippen molar-refractivity contribution in [3.05, 3.63) is 35.0 Å². The van der Waals surface area contributed by atoms with E-state index in [-0.39, 0.29) is 0 Å². The second kappa shape index (κ2) is 7.22. The topological polar surface area (TPSA) is 83.4 Å². The third-order valence-electron chi connectivity index (χ3n) is 4.52. The van der Waals surface area contributed by atoms with Crippen molar-refractivity contribution in [2.24, 2.45) is 0 Å². The Balaban J connectivity index is 1.81. The minimum absolute atomic E-state index is 0.506. The highest BCUT2D eigenvalue weighted by Crippen LogP contribution is 2.30. The molecule has 1 saturated heterocycles. The van der Waals surface area contributed by atoms with Crippen molar-refractivity contribution in [3.63, 3.8) is 0 Å². The molecular formula is C17H19ClN4O2. The molecule has 7 heteroatoms. The van der Waals surface area contributed by atoms with Crippen LogP contribution in [-0.4, -0.2) is 58.6 Å². The molecule has 0 amide bonds. The number of carboxylic acids is 1. The number of halogens is 1. The molecule has 1 aromatic carbocycles. The summed E-state index contributed by atoms with van der Waals surface area (Å²) < 4.78 is 0. The molecule has 0 saturated carbocycles. The number of fused-ring (bicyclic) bond motifs is 1. The quantitative estimate of drug-likeness (QED) is 0.869. The highest BCUT2D eigenvalue weighted by molar-refractivity contribution is 6.31. The summed E-state index contributed by atoms with van der Waals surface area (Å²) in [5.74, 6) is -0.851. The Morgan fingerprint density at radius 3 is 2.79 bits per heavy atom. The molecule has 126 valence electrons. The molecule has 1 aliphatic heterocycles. The van der Waals surface area contributed by atoms with Crippen molar-refractivity contribution in [2.45, 2.75) is 12.5 Å². The van der Waals surface area contributed by atoms with Crippen molar-refractivity contribution >= 4 is 28.5 Å². The normalized spacial score (nSPS) is 17.7. The number of nitrogens with zero attached hydrogens (tertiary/aromatic N) is 3. The summed E-state index contributed by atoms with van der Waals surface area (Å²) in [6.07, 6.45) is 2.27. The number of H-pyrrole nitrogens is 1. The fourth-order valence-corrected chi connectivity index (χ4v) is 3.46. The molecular weight excluding hydrogens is 328 g/mol. The summed E-state index contributed by atoms with van der Waals surface area (Å²) in [6.45, 7) is 3.64. The molecule has 0 aliphatic carbocycles. The monoisotopic (exact) mass is 346 g/mol. The third-order valence-corrected chi connectivity index (χ3v) is 4.75. The Morgan fingerprint density at radius 1 is 1.38 bits per heavy atom. The molecule has 1 aromatic heterocycles. The van der Waals surface area contributed by atoms with Gasteiger partial charge in [-0.2, -0.15) is 5.26 Å². The van der Waals surface area contributed by atoms with Gasteiger partial charge >= 0.3 is 5.97 Å². The van der Waals surface area contributed by atoms with E-state index in [9.17, 15) is 9.90 Å². The number of rotatable bonds is 5. The molecule has 1 unspecified atom stereocenters. The predicted molar refractivity (Wildman–Crippen MR) is 91.9 cm³/mol. The van der Waals surface area contributed by atoms with Crippen LogP contribution >= 0.6 is 11.6 Å². The minimum Gasteiger partial charge on any atom is -0.480 e. The molecule has 2 heterocycles. The van der Waals surface area contributed by atoms with Gasteiger partial charge in [0.15, 0.2) is 0 Å². The molecule has 0 bridgehead atoms. The van der Waals surface area contributed by atoms with Crippen LogP contribution in [0.4, 0.5) is 0 Å². The van der Waals surface area contributed by atoms with Gasteiger partial charge in [-0.25, -0.2) is 0 Å². The van der Waals surface area contributed by atoms with Crippen molar-refractivity contribution < 1.29 is 9.90 Å². The van der Waals surface area contributed by atoms with Gasteiger partial charge in [0.1, 0.15) is 6.04 Å². The molecule has 2 aromatic rings. The van der Waals surface area contributed by atoms with Crippen molar-refractivity contribution in [1.29, 1.82) is 5.26 Å². The van der Waals surface area contributed by atoms with Gasteiger partial charge in [0.2, 0.25) is 0 Å². The van der Waals surface area contributed by atoms with E-state index < -0.39 is 12.0 Å². The number of aliphatic carboxylic acids is 1. The summed E-state index contributed by atoms with van der Waals surface area (Å²) in [7, 11) is 0. The maximum absolute atomic E-state index is 11.9. The first-order valence-electron chi connectivity index (χ1n) is 7.93. The second-order valence-electron chi connectivity index (χ2n) is 5.96. The lowest BCUT2D eigenvalue weighted by Gasteiger charge is -2.37. The first-order chi connectivity index (χ1) is 11.6. The second-order valence-corrected chi connectivity index (χ2v) is 6.40. The summed E-state index contributed by atoms with van der Waals surface area (Å²) in [4.78, 5) is 19.2. The van der Waals surface area contributed by atoms with Crippen LogP contribution in [0.2, 0.25) is 5.02 Å². The number of nitrogens with one attached hydrogen (secondary N) is 1. The first kappa shape index (κ1) is 16.8. The molecule has 6 nitrogen and oxygen atoms in total. The van der Waals surface area contributed by atoms with Crippen molar-refractivity contribution in [2.75, 3.05) is 32.7 Å². The number of carboxylic acid groups (broad SMARTS) is 1. The van der Waals surface area contributed by atoms with E-state index in [2.05, 4.69) is 16.0 Å². The molecule has 1 aliphatic rings. The van der Waals surface area contributed by atoms with Gasteiger partial charge < -0.3 is 10.1 Å². The Hall–Kier alpha value is -2.07. The number of aromatic amines is 1. The predicted octanol–water partition coefficient (Wildman–Crippen LogP) is 2.48. The number of hydrogen-bond donors (Lipinski definition) is 2. The maximum atomic E-state index is 11.9. The van der Waals surface area contributed by atoms with Crippen molar-refractivity contribution in [1.82, 2.24) is 14.8 Å². The van der Waals surface area contributed by atoms with E-state index in [1.807, 2.05) is 11.0 Å². The van der Waals surface area contributed by atoms with Gasteiger partial charge in [-0.05, 0) is 12.1 Å². The number of carbonyl (C=O) groups is 1. The zero-order valence-corrected chi connectivity index (χ0v) is 14.0. The van der Waals surface area contributed by atoms with Crippen LogP contribution in [0, 0.1) is 11.3 Å². The van der Waals surface area contributed by atoms with Crippen LogP contribution in [0.25, 0.3) is 10.9 Å². The average molecular weight is 347 g/mol. The molecule has 1 atom stereocenters. The Bertz CT molecular complexity index is 774. The largest absolute Gasteiger partial charge is 0.480 e. The van der Waals surface area contributed by atoms with Gasteiger partial charge in [-0.1, -0.05) is 17.7 Å². The molecule has 2 N–H and O–H groups in total. The van der Waals surface area contributed by atoms with Gasteiger partial charge in [0.05, 0.1) is 6.07 Å². The molecule has 3 rings (SSSR count). The zero-order chi connectivity index (χ0) is 17.1. The SMILES string of the molecule is N#CCCN1CCN(C(C(=O)O)c2c[nH]c3cc(Cl)ccc23)CC1. The molecule has 1 fully saturated rings. The molecule has 24 heavy (non-hydrogen) atoms. The lowest BCUT2D eigenvalue weighted by Crippen LogP contribution is -2.49. The van der Waals surface area contributed by atoms with E-state index in [0.717, 1.165) is 36.1 Å². The molecule has 0 radical (unpaired) electrons. The Kier molecular flexibility index (Phi) is 5.05. The summed E-state index contributed by atoms with van der Waals surface area (Å²) in [5.41, 5.74) is 1.61. The Labute approximate surface area is 145 Å². The fraction of sp³-hybridized carbons (Fsp3) is 0.412. The number of piperazine rings is 1. The van der Waals surface area contributed by atoms with Crippen LogP contribution in [0.15, 0.2) is 24.4 Å². The van der Waals surface area contributed by atoms with Crippen LogP contribution in [0.3, 0.4) is 0 Å². The zero-order valence-electron chi connectivity index (χ0n) is 13.2. The smallest absolute Gasteiger partial charge is 0.325 e. The first-order valence-corrected chi connectivity index (χ1v) is 8.30. The van der Waals surface area contributed by atoms with Gasteiger partial charge in [-0.3, -0.25) is 14.6 Å². The van der Waals surface area contributed by atoms with E-state index in [1.165, 1.54) is 0 Å². The van der Waals surface area contributed by atoms with Crippen LogP contribution in [0.1, 0.15) is 18.0 Å². The number of benzene rings is 1. The third kappa shape index (κ3) is 3.39. The number of nitriles is 1. The summed E-state index contributed by atoms with van der Waals surface area (Å²) in [5, 5.41) is 20.0. The van der Waals surface area contributed by atoms with Gasteiger partial charge in [0, 0.05) is 66.8 Å². The molecule has 0 spiro atoms. The minimum atomic E-state index is -0.851. The highest BCUT2D eigenvalue weighted by atomic mass is 35.5. The number of aromatic nitrogens is 1. The van der Waals surface area contributed by atoms with Gasteiger partial charge in [-0.15, -0.1) is 0 Å². The number of hydrogen-bond acceptors (Lipinski definition) is 4. The lowest BCUT2D eigenvalue weighted by molar-refractivity contribution is -0.144. The van der Waals surface area contributed by atoms with Gasteiger partial charge in [0.25, 0.3) is 0 Å². The van der Waals surface area contributed by atoms with E-state index in [0.29, 0.717) is 24.5 Å². The van der Waals surface area contributed by atoms with E-state index >= 15 is 0 Å². The van der Waals surface area contributed by atoms with Crippen LogP contribution < -0.4 is 0 Å². The lowest BCUT2D eigenvalue weighted by atomic mass is 10.0.